The van der Waals surface area contributed by atoms with Crippen molar-refractivity contribution in [3.8, 4) is 5.75 Å². The number of nitrogens with two attached hydrogens (primary N) is 1. The molecule has 1 aromatic rings. The van der Waals surface area contributed by atoms with Crippen LogP contribution in [0.2, 0.25) is 5.02 Å². The minimum Gasteiger partial charge on any atom is -0.492 e. The van der Waals surface area contributed by atoms with Gasteiger partial charge in [0, 0.05) is 11.1 Å². The number of ether oxygens (including phenoxy) is 1. The molecule has 116 valence electrons. The van der Waals surface area contributed by atoms with Gasteiger partial charge in [-0.3, -0.25) is 4.79 Å². The Bertz CT molecular complexity index is 499. The molecule has 1 aliphatic rings. The lowest BCUT2D eigenvalue weighted by atomic mass is 10.0. The summed E-state index contributed by atoms with van der Waals surface area (Å²) in [5, 5.41) is 3.70. The first kappa shape index (κ1) is 16.6. The maximum absolute atomic E-state index is 11.9. The first-order valence-corrected chi connectivity index (χ1v) is 8.34. The van der Waals surface area contributed by atoms with E-state index in [-0.39, 0.29) is 11.9 Å². The molecule has 21 heavy (non-hydrogen) atoms. The molecule has 0 aliphatic heterocycles. The van der Waals surface area contributed by atoms with Crippen LogP contribution in [0, 0.1) is 5.92 Å². The van der Waals surface area contributed by atoms with Gasteiger partial charge in [0.05, 0.1) is 17.5 Å². The zero-order valence-corrected chi connectivity index (χ0v) is 14.1. The van der Waals surface area contributed by atoms with Crippen molar-refractivity contribution in [2.75, 3.05) is 13.2 Å². The van der Waals surface area contributed by atoms with Gasteiger partial charge >= 0.3 is 0 Å². The molecular weight excluding hydrogens is 356 g/mol. The molecule has 1 saturated carbocycles. The molecule has 1 aliphatic carbocycles. The highest BCUT2D eigenvalue weighted by Gasteiger charge is 2.27. The molecule has 0 spiro atoms. The summed E-state index contributed by atoms with van der Waals surface area (Å²) in [4.78, 5) is 11.9. The normalized spacial score (nSPS) is 21.3. The third-order valence-electron chi connectivity index (χ3n) is 3.79. The first-order chi connectivity index (χ1) is 10.1. The summed E-state index contributed by atoms with van der Waals surface area (Å²) in [6, 6.07) is 5.53. The van der Waals surface area contributed by atoms with E-state index >= 15 is 0 Å². The summed E-state index contributed by atoms with van der Waals surface area (Å²) >= 11 is 9.24. The maximum Gasteiger partial charge on any atom is 0.223 e. The van der Waals surface area contributed by atoms with E-state index in [2.05, 4.69) is 21.2 Å². The number of carbonyl (C=O) groups is 1. The van der Waals surface area contributed by atoms with Crippen molar-refractivity contribution in [1.29, 1.82) is 0 Å². The van der Waals surface area contributed by atoms with E-state index in [0.29, 0.717) is 36.3 Å². The highest BCUT2D eigenvalue weighted by molar-refractivity contribution is 9.10. The van der Waals surface area contributed by atoms with Crippen LogP contribution < -0.4 is 15.8 Å². The number of carbonyl (C=O) groups excluding carboxylic acids is 1. The summed E-state index contributed by atoms with van der Waals surface area (Å²) in [6.45, 7) is 0.977. The van der Waals surface area contributed by atoms with Crippen LogP contribution in [0.4, 0.5) is 0 Å². The molecule has 0 heterocycles. The van der Waals surface area contributed by atoms with Gasteiger partial charge in [-0.25, -0.2) is 0 Å². The van der Waals surface area contributed by atoms with Gasteiger partial charge in [-0.2, -0.15) is 0 Å². The third kappa shape index (κ3) is 4.87. The number of halogens is 2. The van der Waals surface area contributed by atoms with E-state index in [9.17, 15) is 4.79 Å². The molecule has 2 atom stereocenters. The van der Waals surface area contributed by atoms with E-state index in [4.69, 9.17) is 22.1 Å². The van der Waals surface area contributed by atoms with Crippen molar-refractivity contribution < 1.29 is 9.53 Å². The van der Waals surface area contributed by atoms with Crippen LogP contribution in [-0.4, -0.2) is 25.1 Å². The van der Waals surface area contributed by atoms with Gasteiger partial charge < -0.3 is 15.8 Å². The van der Waals surface area contributed by atoms with Crippen LogP contribution in [0.3, 0.4) is 0 Å². The molecule has 0 radical (unpaired) electrons. The second kappa shape index (κ2) is 8.01. The largest absolute Gasteiger partial charge is 0.492 e. The summed E-state index contributed by atoms with van der Waals surface area (Å²) in [6.07, 6.45) is 3.61. The Morgan fingerprint density at radius 2 is 2.29 bits per heavy atom. The van der Waals surface area contributed by atoms with Gasteiger partial charge in [-0.05, 0) is 59.4 Å². The molecule has 3 N–H and O–H groups in total. The third-order valence-corrected chi connectivity index (χ3v) is 4.64. The fourth-order valence-electron chi connectivity index (χ4n) is 2.63. The van der Waals surface area contributed by atoms with Crippen molar-refractivity contribution in [3.05, 3.63) is 27.7 Å². The summed E-state index contributed by atoms with van der Waals surface area (Å²) < 4.78 is 6.38. The van der Waals surface area contributed by atoms with Crippen LogP contribution in [-0.2, 0) is 4.79 Å². The monoisotopic (exact) mass is 374 g/mol. The Kier molecular flexibility index (Phi) is 6.33. The van der Waals surface area contributed by atoms with Crippen LogP contribution in [0.5, 0.6) is 5.75 Å². The summed E-state index contributed by atoms with van der Waals surface area (Å²) in [5.74, 6) is 1.12. The highest BCUT2D eigenvalue weighted by Crippen LogP contribution is 2.28. The van der Waals surface area contributed by atoms with Crippen LogP contribution >= 0.6 is 27.5 Å². The predicted molar refractivity (Wildman–Crippen MR) is 87.6 cm³/mol. The fraction of sp³-hybridized carbons (Fsp3) is 0.533. The topological polar surface area (TPSA) is 64.3 Å². The van der Waals surface area contributed by atoms with Crippen LogP contribution in [0.15, 0.2) is 22.7 Å². The van der Waals surface area contributed by atoms with Crippen molar-refractivity contribution in [3.63, 3.8) is 0 Å². The fourth-order valence-corrected chi connectivity index (χ4v) is 3.43. The second-order valence-electron chi connectivity index (χ2n) is 5.27. The second-order valence-corrected chi connectivity index (χ2v) is 6.56. The minimum atomic E-state index is 0.0189. The standard InChI is InChI=1S/C15H20BrClN2O2/c16-12-8-11(17)4-5-14(12)21-7-6-15(20)19-13-3-1-2-10(13)9-18/h4-5,8,10,13H,1-3,6-7,9,18H2,(H,19,20). The van der Waals surface area contributed by atoms with Crippen molar-refractivity contribution in [1.82, 2.24) is 5.32 Å². The van der Waals surface area contributed by atoms with Crippen molar-refractivity contribution in [2.45, 2.75) is 31.7 Å². The minimum absolute atomic E-state index is 0.0189. The SMILES string of the molecule is NCC1CCCC1NC(=O)CCOc1ccc(Cl)cc1Br. The molecule has 1 amide bonds. The molecule has 2 rings (SSSR count). The Hall–Kier alpha value is -0.780. The lowest BCUT2D eigenvalue weighted by Crippen LogP contribution is -2.40. The summed E-state index contributed by atoms with van der Waals surface area (Å²) in [5.41, 5.74) is 5.71. The van der Waals surface area contributed by atoms with Crippen LogP contribution in [0.25, 0.3) is 0 Å². The number of amides is 1. The smallest absolute Gasteiger partial charge is 0.223 e. The maximum atomic E-state index is 11.9. The highest BCUT2D eigenvalue weighted by atomic mass is 79.9. The Morgan fingerprint density at radius 1 is 1.48 bits per heavy atom. The molecule has 0 bridgehead atoms. The van der Waals surface area contributed by atoms with Crippen molar-refractivity contribution >= 4 is 33.4 Å². The van der Waals surface area contributed by atoms with E-state index in [0.717, 1.165) is 23.7 Å². The Labute approximate surface area is 138 Å². The molecule has 4 nitrogen and oxygen atoms in total. The molecule has 6 heteroatoms. The molecular formula is C15H20BrClN2O2. The number of nitrogens with one attached hydrogen (secondary N) is 1. The predicted octanol–water partition coefficient (Wildman–Crippen LogP) is 3.12. The van der Waals surface area contributed by atoms with E-state index in [1.807, 2.05) is 0 Å². The summed E-state index contributed by atoms with van der Waals surface area (Å²) in [7, 11) is 0. The lowest BCUT2D eigenvalue weighted by Gasteiger charge is -2.19. The first-order valence-electron chi connectivity index (χ1n) is 7.17. The zero-order valence-electron chi connectivity index (χ0n) is 11.8. The average Bonchev–Trinajstić information content (AvgIpc) is 2.88. The average molecular weight is 376 g/mol. The number of benzene rings is 1. The van der Waals surface area contributed by atoms with E-state index < -0.39 is 0 Å². The van der Waals surface area contributed by atoms with Gasteiger partial charge in [0.25, 0.3) is 0 Å². The number of hydrogen-bond donors (Lipinski definition) is 2. The van der Waals surface area contributed by atoms with Gasteiger partial charge in [-0.1, -0.05) is 18.0 Å². The lowest BCUT2D eigenvalue weighted by molar-refractivity contribution is -0.122. The molecule has 0 saturated heterocycles. The quantitative estimate of drug-likeness (QED) is 0.803. The molecule has 2 unspecified atom stereocenters. The van der Waals surface area contributed by atoms with Gasteiger partial charge in [0.2, 0.25) is 5.91 Å². The van der Waals surface area contributed by atoms with Gasteiger partial charge in [0.1, 0.15) is 5.75 Å². The zero-order chi connectivity index (χ0) is 15.2. The van der Waals surface area contributed by atoms with Crippen LogP contribution in [0.1, 0.15) is 25.7 Å². The van der Waals surface area contributed by atoms with Crippen molar-refractivity contribution in [2.24, 2.45) is 11.7 Å². The number of hydrogen-bond acceptors (Lipinski definition) is 3. The van der Waals surface area contributed by atoms with Gasteiger partial charge in [0.15, 0.2) is 0 Å². The Morgan fingerprint density at radius 3 is 3.00 bits per heavy atom. The Balaban J connectivity index is 1.74. The van der Waals surface area contributed by atoms with E-state index in [1.165, 1.54) is 0 Å². The molecule has 0 aromatic heterocycles. The molecule has 1 aromatic carbocycles. The molecule has 1 fully saturated rings. The van der Waals surface area contributed by atoms with E-state index in [1.54, 1.807) is 18.2 Å². The van der Waals surface area contributed by atoms with Gasteiger partial charge in [-0.15, -0.1) is 0 Å². The number of rotatable bonds is 6.